The molecular formula is C39H31N. The molecule has 0 unspecified atom stereocenters. The minimum atomic E-state index is 0.957. The van der Waals surface area contributed by atoms with Crippen LogP contribution >= 0.6 is 0 Å². The van der Waals surface area contributed by atoms with E-state index in [0.29, 0.717) is 0 Å². The van der Waals surface area contributed by atoms with Crippen LogP contribution in [0.15, 0.2) is 146 Å². The molecule has 0 saturated carbocycles. The molecule has 192 valence electrons. The highest BCUT2D eigenvalue weighted by Crippen LogP contribution is 2.39. The molecule has 0 heterocycles. The molecule has 1 aliphatic carbocycles. The molecule has 0 aromatic heterocycles. The number of anilines is 2. The van der Waals surface area contributed by atoms with E-state index in [1.165, 1.54) is 67.0 Å². The van der Waals surface area contributed by atoms with E-state index in [0.717, 1.165) is 12.8 Å². The number of benzene rings is 6. The topological polar surface area (TPSA) is 3.24 Å². The maximum atomic E-state index is 2.36. The Kier molecular flexibility index (Phi) is 6.26. The summed E-state index contributed by atoms with van der Waals surface area (Å²) in [5.74, 6) is 0. The lowest BCUT2D eigenvalue weighted by atomic mass is 9.99. The van der Waals surface area contributed by atoms with Crippen LogP contribution in [0.5, 0.6) is 0 Å². The van der Waals surface area contributed by atoms with Gasteiger partial charge in [-0.3, -0.25) is 0 Å². The van der Waals surface area contributed by atoms with Crippen molar-refractivity contribution in [1.29, 1.82) is 0 Å². The van der Waals surface area contributed by atoms with Crippen molar-refractivity contribution in [2.24, 2.45) is 0 Å². The first-order valence-electron chi connectivity index (χ1n) is 14.0. The fraction of sp³-hybridized carbons (Fsp3) is 0.0769. The van der Waals surface area contributed by atoms with Crippen molar-refractivity contribution in [1.82, 2.24) is 0 Å². The quantitative estimate of drug-likeness (QED) is 0.214. The van der Waals surface area contributed by atoms with E-state index in [9.17, 15) is 0 Å². The molecule has 0 fully saturated rings. The van der Waals surface area contributed by atoms with E-state index in [1.807, 2.05) is 0 Å². The number of hydrogen-bond acceptors (Lipinski definition) is 1. The predicted molar refractivity (Wildman–Crippen MR) is 169 cm³/mol. The molecule has 6 aromatic carbocycles. The first kappa shape index (κ1) is 24.2. The van der Waals surface area contributed by atoms with E-state index >= 15 is 0 Å². The number of fused-ring (bicyclic) bond motifs is 3. The molecule has 7 rings (SSSR count). The van der Waals surface area contributed by atoms with Crippen molar-refractivity contribution in [3.63, 3.8) is 0 Å². The molecule has 0 N–H and O–H groups in total. The molecule has 6 aromatic rings. The molecule has 1 heteroatoms. The summed E-state index contributed by atoms with van der Waals surface area (Å²) in [7, 11) is 2.14. The number of hydrogen-bond donors (Lipinski definition) is 0. The van der Waals surface area contributed by atoms with E-state index in [1.54, 1.807) is 0 Å². The van der Waals surface area contributed by atoms with Gasteiger partial charge in [-0.1, -0.05) is 121 Å². The van der Waals surface area contributed by atoms with Gasteiger partial charge in [0.25, 0.3) is 0 Å². The second kappa shape index (κ2) is 10.4. The summed E-state index contributed by atoms with van der Waals surface area (Å²) in [6, 6.07) is 53.0. The maximum absolute atomic E-state index is 2.36. The van der Waals surface area contributed by atoms with Crippen LogP contribution in [0.3, 0.4) is 0 Å². The van der Waals surface area contributed by atoms with Crippen LogP contribution in [-0.2, 0) is 12.8 Å². The molecule has 0 saturated heterocycles. The zero-order chi connectivity index (χ0) is 26.9. The van der Waals surface area contributed by atoms with Crippen molar-refractivity contribution < 1.29 is 0 Å². The zero-order valence-electron chi connectivity index (χ0n) is 22.7. The summed E-state index contributed by atoms with van der Waals surface area (Å²) in [5, 5.41) is 0. The third-order valence-corrected chi connectivity index (χ3v) is 8.15. The van der Waals surface area contributed by atoms with Crippen molar-refractivity contribution in [2.75, 3.05) is 11.9 Å². The van der Waals surface area contributed by atoms with Crippen molar-refractivity contribution >= 4 is 11.4 Å². The van der Waals surface area contributed by atoms with Crippen LogP contribution in [0.4, 0.5) is 11.4 Å². The summed E-state index contributed by atoms with van der Waals surface area (Å²) < 4.78 is 0. The van der Waals surface area contributed by atoms with Crippen LogP contribution in [0.2, 0.25) is 0 Å². The molecular weight excluding hydrogens is 482 g/mol. The van der Waals surface area contributed by atoms with Crippen LogP contribution < -0.4 is 4.90 Å². The Morgan fingerprint density at radius 3 is 1.88 bits per heavy atom. The van der Waals surface area contributed by atoms with Gasteiger partial charge in [0.1, 0.15) is 0 Å². The number of rotatable bonds is 6. The molecule has 40 heavy (non-hydrogen) atoms. The Morgan fingerprint density at radius 1 is 0.450 bits per heavy atom. The predicted octanol–water partition coefficient (Wildman–Crippen LogP) is 9.95. The lowest BCUT2D eigenvalue weighted by Gasteiger charge is -2.21. The third-order valence-electron chi connectivity index (χ3n) is 8.15. The normalized spacial score (nSPS) is 11.6. The number of nitrogens with zero attached hydrogens (tertiary/aromatic N) is 1. The summed E-state index contributed by atoms with van der Waals surface area (Å²) >= 11 is 0. The highest BCUT2D eigenvalue weighted by atomic mass is 15.1. The average molecular weight is 514 g/mol. The van der Waals surface area contributed by atoms with Crippen LogP contribution in [-0.4, -0.2) is 7.05 Å². The summed E-state index contributed by atoms with van der Waals surface area (Å²) in [5.41, 5.74) is 15.6. The lowest BCUT2D eigenvalue weighted by Crippen LogP contribution is -2.09. The minimum Gasteiger partial charge on any atom is -0.345 e. The van der Waals surface area contributed by atoms with E-state index < -0.39 is 0 Å². The smallest absolute Gasteiger partial charge is 0.0414 e. The Bertz CT molecular complexity index is 1780. The van der Waals surface area contributed by atoms with E-state index in [4.69, 9.17) is 0 Å². The van der Waals surface area contributed by atoms with Gasteiger partial charge in [0.05, 0.1) is 0 Å². The van der Waals surface area contributed by atoms with E-state index in [2.05, 4.69) is 158 Å². The van der Waals surface area contributed by atoms with Crippen molar-refractivity contribution in [3.8, 4) is 33.4 Å². The average Bonchev–Trinajstić information content (AvgIpc) is 3.40. The lowest BCUT2D eigenvalue weighted by molar-refractivity contribution is 1.19. The molecule has 0 spiro atoms. The zero-order valence-corrected chi connectivity index (χ0v) is 22.7. The van der Waals surface area contributed by atoms with Crippen LogP contribution in [0.25, 0.3) is 33.4 Å². The Morgan fingerprint density at radius 2 is 1.07 bits per heavy atom. The monoisotopic (exact) mass is 513 g/mol. The van der Waals surface area contributed by atoms with Crippen LogP contribution in [0.1, 0.15) is 22.3 Å². The molecule has 1 nitrogen and oxygen atoms in total. The Balaban J connectivity index is 1.08. The van der Waals surface area contributed by atoms with Gasteiger partial charge < -0.3 is 4.90 Å². The van der Waals surface area contributed by atoms with Gasteiger partial charge in [0.2, 0.25) is 0 Å². The SMILES string of the molecule is CN(c1ccc(-c2ccc3c(c2)Cc2ccccc2-3)cc1)c1cccc(-c2ccc(Cc3ccccc3)cc2)c1. The largest absolute Gasteiger partial charge is 0.345 e. The van der Waals surface area contributed by atoms with Gasteiger partial charge in [0.15, 0.2) is 0 Å². The maximum Gasteiger partial charge on any atom is 0.0414 e. The molecule has 0 atom stereocenters. The summed E-state index contributed by atoms with van der Waals surface area (Å²) in [6.07, 6.45) is 1.98. The molecule has 1 aliphatic rings. The molecule has 0 bridgehead atoms. The van der Waals surface area contributed by atoms with Crippen molar-refractivity contribution in [2.45, 2.75) is 12.8 Å². The van der Waals surface area contributed by atoms with Gasteiger partial charge in [-0.15, -0.1) is 0 Å². The van der Waals surface area contributed by atoms with Gasteiger partial charge in [-0.05, 0) is 92.7 Å². The highest BCUT2D eigenvalue weighted by molar-refractivity contribution is 5.81. The molecule has 0 radical (unpaired) electrons. The second-order valence-corrected chi connectivity index (χ2v) is 10.7. The van der Waals surface area contributed by atoms with Gasteiger partial charge in [-0.2, -0.15) is 0 Å². The second-order valence-electron chi connectivity index (χ2n) is 10.7. The fourth-order valence-corrected chi connectivity index (χ4v) is 5.89. The Hall–Kier alpha value is -4.88. The minimum absolute atomic E-state index is 0.957. The van der Waals surface area contributed by atoms with Crippen LogP contribution in [0, 0.1) is 0 Å². The fourth-order valence-electron chi connectivity index (χ4n) is 5.89. The van der Waals surface area contributed by atoms with E-state index in [-0.39, 0.29) is 0 Å². The standard InChI is InChI=1S/C39H31N/c1-40(37-12-7-11-32(27-37)30-16-14-29(15-17-30)24-28-8-3-2-4-9-28)36-21-18-31(19-22-36)33-20-23-39-35(25-33)26-34-10-5-6-13-38(34)39/h2-23,25,27H,24,26H2,1H3. The first-order chi connectivity index (χ1) is 19.7. The van der Waals surface area contributed by atoms with Gasteiger partial charge in [-0.25, -0.2) is 0 Å². The summed E-state index contributed by atoms with van der Waals surface area (Å²) in [4.78, 5) is 2.26. The molecule has 0 amide bonds. The molecule has 0 aliphatic heterocycles. The summed E-state index contributed by atoms with van der Waals surface area (Å²) in [6.45, 7) is 0. The third kappa shape index (κ3) is 4.72. The first-order valence-corrected chi connectivity index (χ1v) is 14.0. The van der Waals surface area contributed by atoms with Crippen molar-refractivity contribution in [3.05, 3.63) is 168 Å². The van der Waals surface area contributed by atoms with Gasteiger partial charge in [0, 0.05) is 18.4 Å². The van der Waals surface area contributed by atoms with Gasteiger partial charge >= 0.3 is 0 Å². The Labute approximate surface area is 237 Å². The highest BCUT2D eigenvalue weighted by Gasteiger charge is 2.18.